The molecule has 0 N–H and O–H groups in total. The Kier molecular flexibility index (Phi) is 6.71. The standard InChI is InChI=1S/C15H22O4S/c1-3-5-11-19-15(16)10-12-20(17,18)14-8-6-13(4-2)7-9-14/h6-9H,3-5,10-12H2,1-2H3. The lowest BCUT2D eigenvalue weighted by Crippen LogP contribution is -2.14. The first-order valence-electron chi connectivity index (χ1n) is 6.97. The van der Waals surface area contributed by atoms with Crippen LogP contribution >= 0.6 is 0 Å². The fourth-order valence-corrected chi connectivity index (χ4v) is 2.89. The van der Waals surface area contributed by atoms with Gasteiger partial charge in [0.2, 0.25) is 0 Å². The molecule has 0 spiro atoms. The highest BCUT2D eigenvalue weighted by molar-refractivity contribution is 7.91. The number of hydrogen-bond donors (Lipinski definition) is 0. The number of benzene rings is 1. The Morgan fingerprint density at radius 3 is 2.35 bits per heavy atom. The summed E-state index contributed by atoms with van der Waals surface area (Å²) in [6.07, 6.45) is 2.51. The van der Waals surface area contributed by atoms with Gasteiger partial charge in [0.25, 0.3) is 0 Å². The van der Waals surface area contributed by atoms with E-state index >= 15 is 0 Å². The minimum Gasteiger partial charge on any atom is -0.466 e. The van der Waals surface area contributed by atoms with Crippen molar-refractivity contribution in [2.45, 2.75) is 44.4 Å². The van der Waals surface area contributed by atoms with Gasteiger partial charge in [-0.25, -0.2) is 8.42 Å². The molecule has 20 heavy (non-hydrogen) atoms. The van der Waals surface area contributed by atoms with Crippen LogP contribution in [0.4, 0.5) is 0 Å². The van der Waals surface area contributed by atoms with E-state index in [2.05, 4.69) is 0 Å². The van der Waals surface area contributed by atoms with Crippen LogP contribution in [0.25, 0.3) is 0 Å². The van der Waals surface area contributed by atoms with E-state index in [9.17, 15) is 13.2 Å². The van der Waals surface area contributed by atoms with E-state index in [0.29, 0.717) is 6.61 Å². The molecule has 0 radical (unpaired) electrons. The summed E-state index contributed by atoms with van der Waals surface area (Å²) in [5.41, 5.74) is 1.09. The number of carbonyl (C=O) groups excluding carboxylic acids is 1. The summed E-state index contributed by atoms with van der Waals surface area (Å²) in [5, 5.41) is 0. The summed E-state index contributed by atoms with van der Waals surface area (Å²) in [5.74, 6) is -0.657. The van der Waals surface area contributed by atoms with Gasteiger partial charge in [-0.05, 0) is 30.5 Å². The number of rotatable bonds is 8. The third-order valence-electron chi connectivity index (χ3n) is 3.03. The molecule has 1 aromatic rings. The van der Waals surface area contributed by atoms with Crippen molar-refractivity contribution in [3.8, 4) is 0 Å². The first-order valence-corrected chi connectivity index (χ1v) is 8.62. The number of carbonyl (C=O) groups is 1. The Morgan fingerprint density at radius 1 is 1.15 bits per heavy atom. The van der Waals surface area contributed by atoms with Crippen LogP contribution in [-0.2, 0) is 25.8 Å². The van der Waals surface area contributed by atoms with E-state index in [1.807, 2.05) is 13.8 Å². The highest BCUT2D eigenvalue weighted by Crippen LogP contribution is 2.14. The molecule has 112 valence electrons. The van der Waals surface area contributed by atoms with Gasteiger partial charge >= 0.3 is 5.97 Å². The largest absolute Gasteiger partial charge is 0.466 e. The van der Waals surface area contributed by atoms with Gasteiger partial charge in [0.1, 0.15) is 0 Å². The Hall–Kier alpha value is -1.36. The average molecular weight is 298 g/mol. The number of unbranched alkanes of at least 4 members (excludes halogenated alkanes) is 1. The van der Waals surface area contributed by atoms with Gasteiger partial charge in [-0.1, -0.05) is 32.4 Å². The van der Waals surface area contributed by atoms with Crippen LogP contribution in [0.5, 0.6) is 0 Å². The number of aryl methyl sites for hydroxylation is 1. The van der Waals surface area contributed by atoms with Crippen molar-refractivity contribution in [2.75, 3.05) is 12.4 Å². The van der Waals surface area contributed by atoms with E-state index < -0.39 is 15.8 Å². The van der Waals surface area contributed by atoms with Crippen molar-refractivity contribution in [1.29, 1.82) is 0 Å². The molecule has 0 atom stereocenters. The second kappa shape index (κ2) is 8.04. The van der Waals surface area contributed by atoms with E-state index in [4.69, 9.17) is 4.74 Å². The van der Waals surface area contributed by atoms with Crippen molar-refractivity contribution < 1.29 is 17.9 Å². The summed E-state index contributed by atoms with van der Waals surface area (Å²) in [4.78, 5) is 11.7. The van der Waals surface area contributed by atoms with Crippen molar-refractivity contribution >= 4 is 15.8 Å². The second-order valence-corrected chi connectivity index (χ2v) is 6.75. The molecule has 0 heterocycles. The van der Waals surface area contributed by atoms with Crippen LogP contribution in [0.15, 0.2) is 29.2 Å². The van der Waals surface area contributed by atoms with Crippen molar-refractivity contribution in [3.63, 3.8) is 0 Å². The molecule has 1 aromatic carbocycles. The first-order chi connectivity index (χ1) is 9.49. The van der Waals surface area contributed by atoms with Gasteiger partial charge in [-0.3, -0.25) is 4.79 Å². The zero-order valence-corrected chi connectivity index (χ0v) is 12.9. The normalized spacial score (nSPS) is 11.3. The summed E-state index contributed by atoms with van der Waals surface area (Å²) < 4.78 is 29.1. The maximum Gasteiger partial charge on any atom is 0.306 e. The topological polar surface area (TPSA) is 60.4 Å². The maximum absolute atomic E-state index is 12.1. The van der Waals surface area contributed by atoms with Crippen LogP contribution in [0, 0.1) is 0 Å². The van der Waals surface area contributed by atoms with Crippen molar-refractivity contribution in [1.82, 2.24) is 0 Å². The van der Waals surface area contributed by atoms with Crippen LogP contribution < -0.4 is 0 Å². The molecule has 0 fully saturated rings. The van der Waals surface area contributed by atoms with Gasteiger partial charge in [-0.2, -0.15) is 0 Å². The Bertz CT molecular complexity index is 517. The highest BCUT2D eigenvalue weighted by Gasteiger charge is 2.16. The third kappa shape index (κ3) is 5.33. The quantitative estimate of drug-likeness (QED) is 0.547. The molecule has 0 aliphatic rings. The smallest absolute Gasteiger partial charge is 0.306 e. The minimum absolute atomic E-state index is 0.0957. The Labute approximate surface area is 121 Å². The fraction of sp³-hybridized carbons (Fsp3) is 0.533. The van der Waals surface area contributed by atoms with Crippen molar-refractivity contribution in [2.24, 2.45) is 0 Å². The summed E-state index contributed by atoms with van der Waals surface area (Å²) in [7, 11) is -3.41. The molecule has 0 bridgehead atoms. The van der Waals surface area contributed by atoms with Gasteiger partial charge in [0.05, 0.1) is 23.7 Å². The number of sulfone groups is 1. The monoisotopic (exact) mass is 298 g/mol. The van der Waals surface area contributed by atoms with Crippen molar-refractivity contribution in [3.05, 3.63) is 29.8 Å². The molecule has 5 heteroatoms. The van der Waals surface area contributed by atoms with Crippen LogP contribution in [0.1, 0.15) is 38.7 Å². The van der Waals surface area contributed by atoms with Crippen LogP contribution in [0.3, 0.4) is 0 Å². The van der Waals surface area contributed by atoms with Gasteiger partial charge < -0.3 is 4.74 Å². The SMILES string of the molecule is CCCCOC(=O)CCS(=O)(=O)c1ccc(CC)cc1. The predicted octanol–water partition coefficient (Wildman–Crippen LogP) is 2.76. The lowest BCUT2D eigenvalue weighted by atomic mass is 10.2. The molecular weight excluding hydrogens is 276 g/mol. The predicted molar refractivity (Wildman–Crippen MR) is 78.4 cm³/mol. The molecule has 0 aliphatic heterocycles. The maximum atomic E-state index is 12.1. The second-order valence-electron chi connectivity index (χ2n) is 4.64. The summed E-state index contributed by atoms with van der Waals surface area (Å²) in [6.45, 7) is 4.37. The number of ether oxygens (including phenoxy) is 1. The van der Waals surface area contributed by atoms with E-state index in [1.54, 1.807) is 24.3 Å². The number of hydrogen-bond acceptors (Lipinski definition) is 4. The van der Waals surface area contributed by atoms with Gasteiger partial charge in [0, 0.05) is 0 Å². The lowest BCUT2D eigenvalue weighted by Gasteiger charge is -2.06. The molecule has 0 unspecified atom stereocenters. The molecule has 1 rings (SSSR count). The Morgan fingerprint density at radius 2 is 1.80 bits per heavy atom. The third-order valence-corrected chi connectivity index (χ3v) is 4.76. The van der Waals surface area contributed by atoms with E-state index in [0.717, 1.165) is 24.8 Å². The molecule has 0 saturated carbocycles. The van der Waals surface area contributed by atoms with E-state index in [-0.39, 0.29) is 17.1 Å². The molecule has 0 aliphatic carbocycles. The first kappa shape index (κ1) is 16.7. The minimum atomic E-state index is -3.41. The fourth-order valence-electron chi connectivity index (χ4n) is 1.67. The van der Waals surface area contributed by atoms with Gasteiger partial charge in [0.15, 0.2) is 9.84 Å². The molecule has 4 nitrogen and oxygen atoms in total. The molecule has 0 aromatic heterocycles. The molecule has 0 saturated heterocycles. The average Bonchev–Trinajstić information content (AvgIpc) is 2.45. The van der Waals surface area contributed by atoms with Crippen LogP contribution in [0.2, 0.25) is 0 Å². The summed E-state index contributed by atoms with van der Waals surface area (Å²) >= 11 is 0. The van der Waals surface area contributed by atoms with E-state index in [1.165, 1.54) is 0 Å². The lowest BCUT2D eigenvalue weighted by molar-refractivity contribution is -0.143. The zero-order valence-electron chi connectivity index (χ0n) is 12.1. The van der Waals surface area contributed by atoms with Gasteiger partial charge in [-0.15, -0.1) is 0 Å². The Balaban J connectivity index is 2.54. The van der Waals surface area contributed by atoms with Crippen LogP contribution in [-0.4, -0.2) is 26.7 Å². The summed E-state index contributed by atoms with van der Waals surface area (Å²) in [6, 6.07) is 6.78. The number of esters is 1. The molecule has 0 amide bonds. The highest BCUT2D eigenvalue weighted by atomic mass is 32.2. The molecular formula is C15H22O4S. The zero-order chi connectivity index (χ0) is 15.0.